The number of rotatable bonds is 2. The number of imidazole rings is 1. The average molecular weight is 181 g/mol. The Bertz CT molecular complexity index is 315. The van der Waals surface area contributed by atoms with E-state index in [2.05, 4.69) is 4.98 Å². The molecule has 0 saturated heterocycles. The number of amides is 1. The van der Waals surface area contributed by atoms with E-state index >= 15 is 0 Å². The Balaban J connectivity index is 2.75. The fourth-order valence-corrected chi connectivity index (χ4v) is 0.991. The van der Waals surface area contributed by atoms with E-state index in [0.717, 1.165) is 11.4 Å². The van der Waals surface area contributed by atoms with Gasteiger partial charge in [-0.3, -0.25) is 4.79 Å². The predicted molar refractivity (Wildman–Crippen MR) is 50.4 cm³/mol. The van der Waals surface area contributed by atoms with Crippen molar-refractivity contribution in [2.45, 2.75) is 20.4 Å². The van der Waals surface area contributed by atoms with Crippen LogP contribution in [-0.4, -0.2) is 34.5 Å². The summed E-state index contributed by atoms with van der Waals surface area (Å²) in [5, 5.41) is 0. The van der Waals surface area contributed by atoms with Gasteiger partial charge < -0.3 is 9.47 Å². The van der Waals surface area contributed by atoms with Crippen LogP contribution in [0.4, 0.5) is 0 Å². The number of nitrogens with zero attached hydrogens (tertiary/aromatic N) is 3. The van der Waals surface area contributed by atoms with Crippen molar-refractivity contribution in [3.05, 3.63) is 17.7 Å². The predicted octanol–water partition coefficient (Wildman–Crippen LogP) is 0.588. The van der Waals surface area contributed by atoms with Crippen molar-refractivity contribution < 1.29 is 4.79 Å². The van der Waals surface area contributed by atoms with Gasteiger partial charge in [-0.1, -0.05) is 0 Å². The van der Waals surface area contributed by atoms with Gasteiger partial charge in [0.2, 0.25) is 5.91 Å². The molecule has 0 spiro atoms. The molecule has 72 valence electrons. The topological polar surface area (TPSA) is 38.1 Å². The molecule has 1 aromatic rings. The molecule has 0 aliphatic rings. The maximum Gasteiger partial charge on any atom is 0.242 e. The van der Waals surface area contributed by atoms with Crippen LogP contribution in [-0.2, 0) is 11.3 Å². The second kappa shape index (κ2) is 3.60. The van der Waals surface area contributed by atoms with Gasteiger partial charge in [0.1, 0.15) is 6.54 Å². The molecule has 0 radical (unpaired) electrons. The van der Waals surface area contributed by atoms with E-state index in [0.29, 0.717) is 6.54 Å². The zero-order valence-corrected chi connectivity index (χ0v) is 8.53. The molecule has 1 heterocycles. The summed E-state index contributed by atoms with van der Waals surface area (Å²) in [6.45, 7) is 4.27. The molecule has 0 atom stereocenters. The Kier molecular flexibility index (Phi) is 2.70. The molecular weight excluding hydrogens is 166 g/mol. The third-order valence-electron chi connectivity index (χ3n) is 2.15. The van der Waals surface area contributed by atoms with Gasteiger partial charge in [-0.15, -0.1) is 0 Å². The molecule has 13 heavy (non-hydrogen) atoms. The summed E-state index contributed by atoms with van der Waals surface area (Å²) in [7, 11) is 3.50. The summed E-state index contributed by atoms with van der Waals surface area (Å²) in [6, 6.07) is 0. The van der Waals surface area contributed by atoms with Crippen molar-refractivity contribution in [3.63, 3.8) is 0 Å². The summed E-state index contributed by atoms with van der Waals surface area (Å²) in [5.41, 5.74) is 2.03. The minimum Gasteiger partial charge on any atom is -0.347 e. The minimum absolute atomic E-state index is 0.0838. The van der Waals surface area contributed by atoms with Crippen LogP contribution >= 0.6 is 0 Å². The van der Waals surface area contributed by atoms with Crippen LogP contribution in [0.25, 0.3) is 0 Å². The van der Waals surface area contributed by atoms with E-state index in [1.54, 1.807) is 25.3 Å². The minimum atomic E-state index is 0.0838. The van der Waals surface area contributed by atoms with Crippen molar-refractivity contribution in [1.82, 2.24) is 14.5 Å². The van der Waals surface area contributed by atoms with E-state index in [9.17, 15) is 4.79 Å². The molecular formula is C9H15N3O. The molecule has 1 rings (SSSR count). The van der Waals surface area contributed by atoms with Gasteiger partial charge in [-0.05, 0) is 13.8 Å². The standard InChI is InChI=1S/C9H15N3O/c1-7-8(2)12(6-10-7)5-9(13)11(3)4/h6H,5H2,1-4H3. The molecule has 0 aliphatic heterocycles. The number of carbonyl (C=O) groups excluding carboxylic acids is 1. The highest BCUT2D eigenvalue weighted by atomic mass is 16.2. The molecule has 0 fully saturated rings. The molecule has 0 N–H and O–H groups in total. The van der Waals surface area contributed by atoms with Crippen LogP contribution < -0.4 is 0 Å². The lowest BCUT2D eigenvalue weighted by molar-refractivity contribution is -0.129. The molecule has 0 bridgehead atoms. The van der Waals surface area contributed by atoms with Crippen LogP contribution in [0.15, 0.2) is 6.33 Å². The first kappa shape index (κ1) is 9.77. The quantitative estimate of drug-likeness (QED) is 0.669. The van der Waals surface area contributed by atoms with Gasteiger partial charge in [-0.2, -0.15) is 0 Å². The monoisotopic (exact) mass is 181 g/mol. The second-order valence-electron chi connectivity index (χ2n) is 3.33. The highest BCUT2D eigenvalue weighted by molar-refractivity contribution is 5.75. The second-order valence-corrected chi connectivity index (χ2v) is 3.33. The molecule has 4 nitrogen and oxygen atoms in total. The largest absolute Gasteiger partial charge is 0.347 e. The Morgan fingerprint density at radius 1 is 1.54 bits per heavy atom. The van der Waals surface area contributed by atoms with Gasteiger partial charge in [0.25, 0.3) is 0 Å². The van der Waals surface area contributed by atoms with Crippen LogP contribution in [0.3, 0.4) is 0 Å². The fraction of sp³-hybridized carbons (Fsp3) is 0.556. The van der Waals surface area contributed by atoms with Crippen LogP contribution in [0.5, 0.6) is 0 Å². The SMILES string of the molecule is Cc1ncn(CC(=O)N(C)C)c1C. The van der Waals surface area contributed by atoms with Gasteiger partial charge in [0.05, 0.1) is 12.0 Å². The summed E-state index contributed by atoms with van der Waals surface area (Å²) >= 11 is 0. The molecule has 0 aliphatic carbocycles. The Morgan fingerprint density at radius 3 is 2.54 bits per heavy atom. The normalized spacial score (nSPS) is 10.2. The van der Waals surface area contributed by atoms with Crippen molar-refractivity contribution in [2.24, 2.45) is 0 Å². The number of aromatic nitrogens is 2. The van der Waals surface area contributed by atoms with Crippen LogP contribution in [0.1, 0.15) is 11.4 Å². The summed E-state index contributed by atoms with van der Waals surface area (Å²) in [4.78, 5) is 17.0. The highest BCUT2D eigenvalue weighted by Crippen LogP contribution is 2.03. The third kappa shape index (κ3) is 2.08. The van der Waals surface area contributed by atoms with Crippen molar-refractivity contribution in [1.29, 1.82) is 0 Å². The van der Waals surface area contributed by atoms with Gasteiger partial charge in [0, 0.05) is 19.8 Å². The molecule has 4 heteroatoms. The van der Waals surface area contributed by atoms with Crippen LogP contribution in [0, 0.1) is 13.8 Å². The average Bonchev–Trinajstić information content (AvgIpc) is 2.36. The van der Waals surface area contributed by atoms with E-state index in [-0.39, 0.29) is 5.91 Å². The first-order chi connectivity index (χ1) is 6.02. The molecule has 1 aromatic heterocycles. The van der Waals surface area contributed by atoms with Gasteiger partial charge >= 0.3 is 0 Å². The van der Waals surface area contributed by atoms with Gasteiger partial charge in [0.15, 0.2) is 0 Å². The highest BCUT2D eigenvalue weighted by Gasteiger charge is 2.08. The van der Waals surface area contributed by atoms with Crippen molar-refractivity contribution in [3.8, 4) is 0 Å². The van der Waals surface area contributed by atoms with E-state index < -0.39 is 0 Å². The first-order valence-corrected chi connectivity index (χ1v) is 4.21. The lowest BCUT2D eigenvalue weighted by Crippen LogP contribution is -2.26. The van der Waals surface area contributed by atoms with Crippen LogP contribution in [0.2, 0.25) is 0 Å². The molecule has 0 aromatic carbocycles. The zero-order valence-electron chi connectivity index (χ0n) is 8.53. The summed E-state index contributed by atoms with van der Waals surface area (Å²) in [6.07, 6.45) is 1.70. The number of hydrogen-bond acceptors (Lipinski definition) is 2. The van der Waals surface area contributed by atoms with Gasteiger partial charge in [-0.25, -0.2) is 4.98 Å². The fourth-order valence-electron chi connectivity index (χ4n) is 0.991. The maximum absolute atomic E-state index is 11.4. The van der Waals surface area contributed by atoms with Crippen molar-refractivity contribution >= 4 is 5.91 Å². The molecule has 0 saturated carbocycles. The molecule has 1 amide bonds. The summed E-state index contributed by atoms with van der Waals surface area (Å²) < 4.78 is 1.86. The third-order valence-corrected chi connectivity index (χ3v) is 2.15. The number of likely N-dealkylation sites (N-methyl/N-ethyl adjacent to an activating group) is 1. The van der Waals surface area contributed by atoms with E-state index in [1.807, 2.05) is 18.4 Å². The lowest BCUT2D eigenvalue weighted by Gasteiger charge is -2.11. The Morgan fingerprint density at radius 2 is 2.15 bits per heavy atom. The summed E-state index contributed by atoms with van der Waals surface area (Å²) in [5.74, 6) is 0.0838. The van der Waals surface area contributed by atoms with Crippen molar-refractivity contribution in [2.75, 3.05) is 14.1 Å². The number of aryl methyl sites for hydroxylation is 1. The zero-order chi connectivity index (χ0) is 10.0. The molecule has 0 unspecified atom stereocenters. The smallest absolute Gasteiger partial charge is 0.242 e. The first-order valence-electron chi connectivity index (χ1n) is 4.21. The Hall–Kier alpha value is -1.32. The van der Waals surface area contributed by atoms with E-state index in [1.165, 1.54) is 0 Å². The number of carbonyl (C=O) groups is 1. The maximum atomic E-state index is 11.4. The Labute approximate surface area is 78.2 Å². The lowest BCUT2D eigenvalue weighted by atomic mass is 10.4. The van der Waals surface area contributed by atoms with E-state index in [4.69, 9.17) is 0 Å². The number of hydrogen-bond donors (Lipinski definition) is 0.